The molecule has 0 radical (unpaired) electrons. The lowest BCUT2D eigenvalue weighted by Crippen LogP contribution is -2.19. The van der Waals surface area contributed by atoms with E-state index < -0.39 is 11.9 Å². The Kier molecular flexibility index (Phi) is 1.38. The first-order chi connectivity index (χ1) is 5.70. The van der Waals surface area contributed by atoms with E-state index in [0.717, 1.165) is 0 Å². The van der Waals surface area contributed by atoms with Crippen molar-refractivity contribution in [2.75, 3.05) is 5.32 Å². The van der Waals surface area contributed by atoms with E-state index in [2.05, 4.69) is 5.32 Å². The summed E-state index contributed by atoms with van der Waals surface area (Å²) in [5.41, 5.74) is 6.23. The molecule has 0 aromatic heterocycles. The van der Waals surface area contributed by atoms with E-state index in [9.17, 15) is 9.18 Å². The highest BCUT2D eigenvalue weighted by atomic mass is 19.1. The van der Waals surface area contributed by atoms with E-state index in [1.165, 1.54) is 12.1 Å². The number of nitrogens with two attached hydrogens (primary N) is 1. The maximum absolute atomic E-state index is 13.0. The first kappa shape index (κ1) is 7.24. The molecule has 1 aromatic rings. The molecule has 0 saturated carbocycles. The number of anilines is 1. The monoisotopic (exact) mass is 166 g/mol. The number of fused-ring (bicyclic) bond motifs is 1. The molecule has 12 heavy (non-hydrogen) atoms. The third-order valence-corrected chi connectivity index (χ3v) is 1.91. The van der Waals surface area contributed by atoms with Crippen LogP contribution >= 0.6 is 0 Å². The minimum absolute atomic E-state index is 0.218. The van der Waals surface area contributed by atoms with Crippen LogP contribution in [0.25, 0.3) is 0 Å². The second kappa shape index (κ2) is 2.28. The van der Waals surface area contributed by atoms with Gasteiger partial charge in [0.2, 0.25) is 5.91 Å². The zero-order chi connectivity index (χ0) is 8.72. The topological polar surface area (TPSA) is 55.1 Å². The molecule has 3 nitrogen and oxygen atoms in total. The van der Waals surface area contributed by atoms with Gasteiger partial charge in [-0.1, -0.05) is 12.1 Å². The first-order valence-electron chi connectivity index (χ1n) is 3.55. The summed E-state index contributed by atoms with van der Waals surface area (Å²) in [6.45, 7) is 0. The molecule has 1 unspecified atom stereocenters. The van der Waals surface area contributed by atoms with Crippen LogP contribution in [-0.2, 0) is 4.79 Å². The van der Waals surface area contributed by atoms with E-state index in [1.54, 1.807) is 6.07 Å². The smallest absolute Gasteiger partial charge is 0.246 e. The second-order valence-corrected chi connectivity index (χ2v) is 2.67. The van der Waals surface area contributed by atoms with E-state index in [-0.39, 0.29) is 11.6 Å². The molecule has 3 N–H and O–H groups in total. The Balaban J connectivity index is 2.60. The molecule has 0 spiro atoms. The number of nitrogens with one attached hydrogen (secondary N) is 1. The summed E-state index contributed by atoms with van der Waals surface area (Å²) in [6.07, 6.45) is 0. The number of carbonyl (C=O) groups excluding carboxylic acids is 1. The van der Waals surface area contributed by atoms with Crippen molar-refractivity contribution >= 4 is 11.6 Å². The Morgan fingerprint density at radius 1 is 1.50 bits per heavy atom. The van der Waals surface area contributed by atoms with Gasteiger partial charge in [0.25, 0.3) is 0 Å². The van der Waals surface area contributed by atoms with Crippen molar-refractivity contribution in [3.8, 4) is 0 Å². The lowest BCUT2D eigenvalue weighted by atomic mass is 10.1. The van der Waals surface area contributed by atoms with Gasteiger partial charge in [-0.25, -0.2) is 4.39 Å². The molecule has 0 bridgehead atoms. The lowest BCUT2D eigenvalue weighted by Gasteiger charge is -1.99. The molecule has 1 aromatic carbocycles. The van der Waals surface area contributed by atoms with Crippen molar-refractivity contribution < 1.29 is 9.18 Å². The third kappa shape index (κ3) is 0.816. The molecule has 1 aliphatic heterocycles. The van der Waals surface area contributed by atoms with Gasteiger partial charge < -0.3 is 11.1 Å². The van der Waals surface area contributed by atoms with Crippen LogP contribution < -0.4 is 11.1 Å². The van der Waals surface area contributed by atoms with Crippen molar-refractivity contribution in [1.82, 2.24) is 0 Å². The van der Waals surface area contributed by atoms with E-state index >= 15 is 0 Å². The van der Waals surface area contributed by atoms with Crippen LogP contribution in [0.4, 0.5) is 10.1 Å². The van der Waals surface area contributed by atoms with Crippen molar-refractivity contribution in [2.45, 2.75) is 6.04 Å². The number of hydrogen-bond acceptors (Lipinski definition) is 2. The van der Waals surface area contributed by atoms with Crippen LogP contribution in [0.15, 0.2) is 18.2 Å². The summed E-state index contributed by atoms with van der Waals surface area (Å²) in [6, 6.07) is 3.74. The second-order valence-electron chi connectivity index (χ2n) is 2.67. The molecule has 4 heteroatoms. The average Bonchev–Trinajstić information content (AvgIpc) is 2.32. The Bertz CT molecular complexity index is 351. The molecule has 0 fully saturated rings. The quantitative estimate of drug-likeness (QED) is 0.598. The van der Waals surface area contributed by atoms with Gasteiger partial charge in [-0.2, -0.15) is 0 Å². The molecule has 0 saturated heterocycles. The largest absolute Gasteiger partial charge is 0.322 e. The van der Waals surface area contributed by atoms with E-state index in [4.69, 9.17) is 5.73 Å². The van der Waals surface area contributed by atoms with Gasteiger partial charge in [0, 0.05) is 5.56 Å². The standard InChI is InChI=1S/C8H7FN2O/c9-5-3-1-2-4-6(10)8(12)11-7(4)5/h1-3,6H,10H2,(H,11,12). The molecule has 2 rings (SSSR count). The highest BCUT2D eigenvalue weighted by molar-refractivity contribution is 6.02. The van der Waals surface area contributed by atoms with Crippen molar-refractivity contribution in [2.24, 2.45) is 5.73 Å². The number of halogens is 1. The number of benzene rings is 1. The van der Waals surface area contributed by atoms with Crippen molar-refractivity contribution in [3.63, 3.8) is 0 Å². The molecular weight excluding hydrogens is 159 g/mol. The van der Waals surface area contributed by atoms with Crippen LogP contribution in [0, 0.1) is 5.82 Å². The first-order valence-corrected chi connectivity index (χ1v) is 3.55. The van der Waals surface area contributed by atoms with Gasteiger partial charge in [0.1, 0.15) is 11.9 Å². The van der Waals surface area contributed by atoms with Crippen LogP contribution in [0.5, 0.6) is 0 Å². The van der Waals surface area contributed by atoms with Crippen molar-refractivity contribution in [1.29, 1.82) is 0 Å². The summed E-state index contributed by atoms with van der Waals surface area (Å²) < 4.78 is 13.0. The number of rotatable bonds is 0. The fourth-order valence-electron chi connectivity index (χ4n) is 1.27. The molecule has 0 aliphatic carbocycles. The van der Waals surface area contributed by atoms with Crippen molar-refractivity contribution in [3.05, 3.63) is 29.6 Å². The van der Waals surface area contributed by atoms with Gasteiger partial charge in [0.15, 0.2) is 0 Å². The maximum Gasteiger partial charge on any atom is 0.246 e. The Morgan fingerprint density at radius 2 is 2.25 bits per heavy atom. The number of amides is 1. The Hall–Kier alpha value is -1.42. The molecule has 1 atom stereocenters. The average molecular weight is 166 g/mol. The SMILES string of the molecule is NC1C(=O)Nc2c(F)cccc21. The predicted octanol–water partition coefficient (Wildman–Crippen LogP) is 0.778. The summed E-state index contributed by atoms with van der Waals surface area (Å²) in [5.74, 6) is -0.788. The minimum atomic E-state index is -0.726. The van der Waals surface area contributed by atoms with Crippen LogP contribution in [0.2, 0.25) is 0 Å². The Morgan fingerprint density at radius 3 is 2.92 bits per heavy atom. The van der Waals surface area contributed by atoms with Gasteiger partial charge >= 0.3 is 0 Å². The molecule has 1 aliphatic rings. The van der Waals surface area contributed by atoms with Gasteiger partial charge in [-0.15, -0.1) is 0 Å². The Labute approximate surface area is 68.4 Å². The zero-order valence-electron chi connectivity index (χ0n) is 6.17. The van der Waals surface area contributed by atoms with Gasteiger partial charge in [0.05, 0.1) is 5.69 Å². The van der Waals surface area contributed by atoms with Crippen LogP contribution in [0.1, 0.15) is 11.6 Å². The molecular formula is C8H7FN2O. The highest BCUT2D eigenvalue weighted by Crippen LogP contribution is 2.30. The summed E-state index contributed by atoms with van der Waals surface area (Å²) >= 11 is 0. The number of para-hydroxylation sites is 1. The normalized spacial score (nSPS) is 20.5. The maximum atomic E-state index is 13.0. The van der Waals surface area contributed by atoms with Crippen LogP contribution in [0.3, 0.4) is 0 Å². The molecule has 1 heterocycles. The zero-order valence-corrected chi connectivity index (χ0v) is 6.17. The molecule has 1 amide bonds. The van der Waals surface area contributed by atoms with Gasteiger partial charge in [-0.3, -0.25) is 4.79 Å². The fraction of sp³-hybridized carbons (Fsp3) is 0.125. The van der Waals surface area contributed by atoms with Gasteiger partial charge in [-0.05, 0) is 6.07 Å². The lowest BCUT2D eigenvalue weighted by molar-refractivity contribution is -0.116. The summed E-state index contributed by atoms with van der Waals surface area (Å²) in [4.78, 5) is 11.0. The number of hydrogen-bond donors (Lipinski definition) is 2. The fourth-order valence-corrected chi connectivity index (χ4v) is 1.27. The van der Waals surface area contributed by atoms with Crippen LogP contribution in [-0.4, -0.2) is 5.91 Å². The number of carbonyl (C=O) groups is 1. The third-order valence-electron chi connectivity index (χ3n) is 1.91. The van der Waals surface area contributed by atoms with E-state index in [1.807, 2.05) is 0 Å². The van der Waals surface area contributed by atoms with E-state index in [0.29, 0.717) is 5.56 Å². The predicted molar refractivity (Wildman–Crippen MR) is 42.0 cm³/mol. The summed E-state index contributed by atoms with van der Waals surface area (Å²) in [7, 11) is 0. The highest BCUT2D eigenvalue weighted by Gasteiger charge is 2.28. The minimum Gasteiger partial charge on any atom is -0.322 e. The molecule has 62 valence electrons. The summed E-state index contributed by atoms with van der Waals surface area (Å²) in [5, 5.41) is 2.38.